The van der Waals surface area contributed by atoms with Crippen LogP contribution >= 0.6 is 0 Å². The average Bonchev–Trinajstić information content (AvgIpc) is 2.68. The van der Waals surface area contributed by atoms with Crippen molar-refractivity contribution in [2.24, 2.45) is 5.11 Å². The van der Waals surface area contributed by atoms with E-state index in [1.54, 1.807) is 19.2 Å². The average molecular weight is 359 g/mol. The Bertz CT molecular complexity index is 935. The van der Waals surface area contributed by atoms with Crippen molar-refractivity contribution >= 4 is 23.6 Å². The molecule has 0 saturated heterocycles. The Kier molecular flexibility index (Phi) is 5.87. The molecule has 0 aromatic heterocycles. The van der Waals surface area contributed by atoms with Gasteiger partial charge in [0.05, 0.1) is 6.10 Å². The first kappa shape index (κ1) is 18.6. The topological polar surface area (TPSA) is 75.1 Å². The molecule has 27 heavy (non-hydrogen) atoms. The van der Waals surface area contributed by atoms with E-state index in [0.29, 0.717) is 18.5 Å². The monoisotopic (exact) mass is 359 g/mol. The van der Waals surface area contributed by atoms with Gasteiger partial charge in [0.1, 0.15) is 0 Å². The van der Waals surface area contributed by atoms with Crippen LogP contribution < -0.4 is 0 Å². The van der Waals surface area contributed by atoms with Gasteiger partial charge in [0.2, 0.25) is 0 Å². The lowest BCUT2D eigenvalue weighted by atomic mass is 9.85. The summed E-state index contributed by atoms with van der Waals surface area (Å²) in [6.45, 7) is 2.04. The van der Waals surface area contributed by atoms with Crippen LogP contribution in [-0.4, -0.2) is 19.0 Å². The summed E-state index contributed by atoms with van der Waals surface area (Å²) in [5, 5.41) is 3.56. The molecule has 2 aromatic carbocycles. The number of hydrogen-bond donors (Lipinski definition) is 0. The van der Waals surface area contributed by atoms with E-state index < -0.39 is 0 Å². The van der Waals surface area contributed by atoms with Gasteiger partial charge in [-0.05, 0) is 35.7 Å². The van der Waals surface area contributed by atoms with Crippen molar-refractivity contribution in [1.82, 2.24) is 0 Å². The Morgan fingerprint density at radius 3 is 2.00 bits per heavy atom. The SMILES string of the molecule is COC1CC(=Cc2ccc(C)cc2)C(=O)C(=Cc2ccc(N=[N+]=[N-])cc2)C1. The van der Waals surface area contributed by atoms with Gasteiger partial charge in [-0.1, -0.05) is 59.2 Å². The molecule has 1 unspecified atom stereocenters. The highest BCUT2D eigenvalue weighted by molar-refractivity contribution is 6.14. The van der Waals surface area contributed by atoms with Gasteiger partial charge in [-0.15, -0.1) is 0 Å². The minimum Gasteiger partial charge on any atom is -0.381 e. The molecule has 1 fully saturated rings. The lowest BCUT2D eigenvalue weighted by Gasteiger charge is -2.24. The summed E-state index contributed by atoms with van der Waals surface area (Å²) >= 11 is 0. The zero-order valence-electron chi connectivity index (χ0n) is 15.4. The molecule has 1 saturated carbocycles. The predicted octanol–water partition coefficient (Wildman–Crippen LogP) is 5.78. The maximum atomic E-state index is 13.0. The summed E-state index contributed by atoms with van der Waals surface area (Å²) in [4.78, 5) is 15.7. The minimum absolute atomic E-state index is 0.0203. The number of carbonyl (C=O) groups is 1. The molecular formula is C22H21N3O2. The summed E-state index contributed by atoms with van der Waals surface area (Å²) in [6, 6.07) is 15.2. The molecule has 0 radical (unpaired) electrons. The molecule has 0 amide bonds. The number of carbonyl (C=O) groups excluding carboxylic acids is 1. The van der Waals surface area contributed by atoms with Crippen LogP contribution in [0.25, 0.3) is 22.6 Å². The Labute approximate surface area is 158 Å². The van der Waals surface area contributed by atoms with Crippen LogP contribution in [-0.2, 0) is 9.53 Å². The van der Waals surface area contributed by atoms with Crippen molar-refractivity contribution in [3.63, 3.8) is 0 Å². The molecule has 0 N–H and O–H groups in total. The van der Waals surface area contributed by atoms with Crippen molar-refractivity contribution in [2.75, 3.05) is 7.11 Å². The minimum atomic E-state index is -0.0203. The van der Waals surface area contributed by atoms with E-state index >= 15 is 0 Å². The predicted molar refractivity (Wildman–Crippen MR) is 107 cm³/mol. The molecule has 2 aromatic rings. The zero-order chi connectivity index (χ0) is 19.2. The normalized spacial score (nSPS) is 19.9. The summed E-state index contributed by atoms with van der Waals surface area (Å²) in [5.74, 6) is 0.0583. The molecule has 0 bridgehead atoms. The fourth-order valence-corrected chi connectivity index (χ4v) is 3.12. The summed E-state index contributed by atoms with van der Waals surface area (Å²) in [6.07, 6.45) is 5.00. The number of nitrogens with zero attached hydrogens (tertiary/aromatic N) is 3. The van der Waals surface area contributed by atoms with E-state index in [2.05, 4.69) is 10.0 Å². The van der Waals surface area contributed by atoms with E-state index in [-0.39, 0.29) is 11.9 Å². The summed E-state index contributed by atoms with van der Waals surface area (Å²) in [7, 11) is 1.68. The highest BCUT2D eigenvalue weighted by atomic mass is 16.5. The van der Waals surface area contributed by atoms with Crippen molar-refractivity contribution in [1.29, 1.82) is 0 Å². The van der Waals surface area contributed by atoms with Gasteiger partial charge in [-0.2, -0.15) is 0 Å². The Balaban J connectivity index is 1.91. The van der Waals surface area contributed by atoms with Crippen molar-refractivity contribution < 1.29 is 9.53 Å². The fourth-order valence-electron chi connectivity index (χ4n) is 3.12. The first-order valence-corrected chi connectivity index (χ1v) is 8.79. The van der Waals surface area contributed by atoms with Crippen LogP contribution in [0.2, 0.25) is 0 Å². The van der Waals surface area contributed by atoms with Gasteiger partial charge in [-0.3, -0.25) is 4.79 Å². The number of benzene rings is 2. The standard InChI is InChI=1S/C22H21N3O2/c1-15-3-5-16(6-4-15)11-18-13-21(27-2)14-19(22(18)26)12-17-7-9-20(10-8-17)24-25-23/h3-12,21H,13-14H2,1-2H3. The van der Waals surface area contributed by atoms with Crippen LogP contribution in [0.5, 0.6) is 0 Å². The van der Waals surface area contributed by atoms with Gasteiger partial charge < -0.3 is 4.74 Å². The summed E-state index contributed by atoms with van der Waals surface area (Å²) in [5.41, 5.74) is 13.6. The largest absolute Gasteiger partial charge is 0.381 e. The molecule has 1 aliphatic carbocycles. The number of ether oxygens (including phenoxy) is 1. The second-order valence-corrected chi connectivity index (χ2v) is 6.63. The van der Waals surface area contributed by atoms with E-state index in [1.165, 1.54) is 5.56 Å². The van der Waals surface area contributed by atoms with E-state index in [0.717, 1.165) is 22.3 Å². The van der Waals surface area contributed by atoms with Crippen LogP contribution in [0.15, 0.2) is 64.8 Å². The zero-order valence-corrected chi connectivity index (χ0v) is 15.4. The van der Waals surface area contributed by atoms with Crippen LogP contribution in [0, 0.1) is 6.92 Å². The smallest absolute Gasteiger partial charge is 0.185 e. The summed E-state index contributed by atoms with van der Waals surface area (Å²) < 4.78 is 5.56. The van der Waals surface area contributed by atoms with Gasteiger partial charge in [-0.25, -0.2) is 0 Å². The lowest BCUT2D eigenvalue weighted by molar-refractivity contribution is -0.113. The molecule has 5 nitrogen and oxygen atoms in total. The molecule has 1 aliphatic rings. The quantitative estimate of drug-likeness (QED) is 0.300. The van der Waals surface area contributed by atoms with Crippen LogP contribution in [0.3, 0.4) is 0 Å². The maximum absolute atomic E-state index is 13.0. The number of rotatable bonds is 4. The van der Waals surface area contributed by atoms with E-state index in [9.17, 15) is 4.79 Å². The first-order chi connectivity index (χ1) is 13.1. The number of Topliss-reactive ketones (excluding diaryl/α,β-unsaturated/α-hetero) is 1. The van der Waals surface area contributed by atoms with E-state index in [1.807, 2.05) is 55.5 Å². The molecular weight excluding hydrogens is 338 g/mol. The van der Waals surface area contributed by atoms with Crippen LogP contribution in [0.1, 0.15) is 29.5 Å². The first-order valence-electron chi connectivity index (χ1n) is 8.79. The Morgan fingerprint density at radius 1 is 1.00 bits per heavy atom. The Hall–Kier alpha value is -3.14. The van der Waals surface area contributed by atoms with Gasteiger partial charge in [0.15, 0.2) is 5.78 Å². The van der Waals surface area contributed by atoms with Crippen molar-refractivity contribution in [2.45, 2.75) is 25.9 Å². The van der Waals surface area contributed by atoms with Gasteiger partial charge >= 0.3 is 0 Å². The number of hydrogen-bond acceptors (Lipinski definition) is 3. The van der Waals surface area contributed by atoms with Crippen molar-refractivity contribution in [3.8, 4) is 0 Å². The van der Waals surface area contributed by atoms with Crippen molar-refractivity contribution in [3.05, 3.63) is 86.8 Å². The lowest BCUT2D eigenvalue weighted by Crippen LogP contribution is -2.25. The second-order valence-electron chi connectivity index (χ2n) is 6.63. The molecule has 136 valence electrons. The third kappa shape index (κ3) is 4.73. The molecule has 0 heterocycles. The number of aryl methyl sites for hydroxylation is 1. The van der Waals surface area contributed by atoms with Gasteiger partial charge in [0.25, 0.3) is 0 Å². The number of methoxy groups -OCH3 is 1. The third-order valence-electron chi connectivity index (χ3n) is 4.62. The molecule has 3 rings (SSSR count). The highest BCUT2D eigenvalue weighted by Crippen LogP contribution is 2.30. The maximum Gasteiger partial charge on any atom is 0.185 e. The van der Waals surface area contributed by atoms with Gasteiger partial charge in [0, 0.05) is 41.7 Å². The Morgan fingerprint density at radius 2 is 1.52 bits per heavy atom. The third-order valence-corrected chi connectivity index (χ3v) is 4.62. The number of azide groups is 1. The second kappa shape index (κ2) is 8.49. The molecule has 0 spiro atoms. The molecule has 5 heteroatoms. The fraction of sp³-hybridized carbons (Fsp3) is 0.227. The molecule has 1 atom stereocenters. The molecule has 0 aliphatic heterocycles. The highest BCUT2D eigenvalue weighted by Gasteiger charge is 2.27. The number of ketones is 1. The van der Waals surface area contributed by atoms with Crippen LogP contribution in [0.4, 0.5) is 5.69 Å². The van der Waals surface area contributed by atoms with E-state index in [4.69, 9.17) is 10.3 Å².